The number of esters is 1. The lowest BCUT2D eigenvalue weighted by molar-refractivity contribution is -0.148. The summed E-state index contributed by atoms with van der Waals surface area (Å²) in [4.78, 5) is 38.3. The smallest absolute Gasteiger partial charge is 0.306 e. The number of H-pyrrole nitrogens is 1. The molecule has 0 unspecified atom stereocenters. The Kier molecular flexibility index (Phi) is 6.37. The third kappa shape index (κ3) is 4.78. The first-order valence-corrected chi connectivity index (χ1v) is 9.32. The van der Waals surface area contributed by atoms with Crippen molar-refractivity contribution in [2.45, 2.75) is 33.2 Å². The van der Waals surface area contributed by atoms with E-state index >= 15 is 0 Å². The Balaban J connectivity index is 1.45. The number of ether oxygens (including phenoxy) is 3. The molecule has 0 bridgehead atoms. The monoisotopic (exact) mass is 411 g/mol. The minimum Gasteiger partial charge on any atom is -0.456 e. The largest absolute Gasteiger partial charge is 0.456 e. The van der Waals surface area contributed by atoms with Gasteiger partial charge in [0.2, 0.25) is 6.79 Å². The molecule has 156 valence electrons. The summed E-state index contributed by atoms with van der Waals surface area (Å²) in [6.45, 7) is 3.43. The summed E-state index contributed by atoms with van der Waals surface area (Å²) in [5.74, 6) is 0.315. The van der Waals surface area contributed by atoms with Crippen LogP contribution in [0.25, 0.3) is 0 Å². The number of carbonyl (C=O) groups is 2. The molecule has 30 heavy (non-hydrogen) atoms. The molecule has 1 aliphatic heterocycles. The van der Waals surface area contributed by atoms with Crippen molar-refractivity contribution in [1.29, 1.82) is 5.26 Å². The van der Waals surface area contributed by atoms with Crippen molar-refractivity contribution in [3.05, 3.63) is 56.5 Å². The van der Waals surface area contributed by atoms with Crippen molar-refractivity contribution in [3.8, 4) is 17.6 Å². The second kappa shape index (κ2) is 9.13. The number of aromatic nitrogens is 1. The van der Waals surface area contributed by atoms with Crippen molar-refractivity contribution in [1.82, 2.24) is 10.3 Å². The van der Waals surface area contributed by atoms with Crippen molar-refractivity contribution >= 4 is 11.9 Å². The molecule has 2 heterocycles. The molecule has 3 rings (SSSR count). The molecule has 0 spiro atoms. The lowest BCUT2D eigenvalue weighted by Gasteiger charge is -2.11. The van der Waals surface area contributed by atoms with Crippen molar-refractivity contribution in [2.24, 2.45) is 0 Å². The second-order valence-corrected chi connectivity index (χ2v) is 6.79. The number of pyridine rings is 1. The predicted molar refractivity (Wildman–Crippen MR) is 105 cm³/mol. The van der Waals surface area contributed by atoms with Crippen molar-refractivity contribution in [3.63, 3.8) is 0 Å². The van der Waals surface area contributed by atoms with Crippen LogP contribution in [0.1, 0.15) is 34.4 Å². The van der Waals surface area contributed by atoms with Crippen LogP contribution in [0.5, 0.6) is 11.5 Å². The molecule has 2 aromatic rings. The van der Waals surface area contributed by atoms with Crippen LogP contribution in [-0.4, -0.2) is 30.3 Å². The van der Waals surface area contributed by atoms with Crippen LogP contribution in [0, 0.1) is 25.2 Å². The molecule has 0 saturated heterocycles. The van der Waals surface area contributed by atoms with Crippen LogP contribution in [0.4, 0.5) is 0 Å². The summed E-state index contributed by atoms with van der Waals surface area (Å²) in [6.07, 6.45) is 0.314. The van der Waals surface area contributed by atoms with Crippen molar-refractivity contribution < 1.29 is 23.8 Å². The van der Waals surface area contributed by atoms with Crippen LogP contribution in [0.2, 0.25) is 0 Å². The molecule has 2 N–H and O–H groups in total. The Morgan fingerprint density at radius 2 is 2.03 bits per heavy atom. The van der Waals surface area contributed by atoms with Gasteiger partial charge in [-0.3, -0.25) is 14.4 Å². The molecule has 9 heteroatoms. The van der Waals surface area contributed by atoms with Gasteiger partial charge in [0.1, 0.15) is 11.6 Å². The summed E-state index contributed by atoms with van der Waals surface area (Å²) >= 11 is 0. The number of carbonyl (C=O) groups excluding carboxylic acids is 2. The highest BCUT2D eigenvalue weighted by atomic mass is 16.7. The van der Waals surface area contributed by atoms with Crippen molar-refractivity contribution in [2.75, 3.05) is 13.4 Å². The van der Waals surface area contributed by atoms with E-state index in [2.05, 4.69) is 10.3 Å². The number of nitrogens with one attached hydrogen (secondary N) is 2. The summed E-state index contributed by atoms with van der Waals surface area (Å²) in [6, 6.07) is 7.23. The molecule has 0 saturated carbocycles. The SMILES string of the molecule is Cc1[nH]c(=O)c(C#N)c(C)c1CCC(=O)OCC(=O)NCc1ccc2c(c1)OCO2. The maximum atomic E-state index is 12.0. The van der Waals surface area contributed by atoms with E-state index in [-0.39, 0.29) is 25.3 Å². The molecule has 0 radical (unpaired) electrons. The van der Waals surface area contributed by atoms with E-state index in [1.807, 2.05) is 12.1 Å². The average Bonchev–Trinajstić information content (AvgIpc) is 3.18. The number of nitrogens with zero attached hydrogens (tertiary/aromatic N) is 1. The Morgan fingerprint density at radius 3 is 2.80 bits per heavy atom. The summed E-state index contributed by atoms with van der Waals surface area (Å²) in [7, 11) is 0. The molecule has 0 atom stereocenters. The first-order chi connectivity index (χ1) is 14.4. The number of benzene rings is 1. The fourth-order valence-electron chi connectivity index (χ4n) is 3.17. The normalized spacial score (nSPS) is 11.6. The van der Waals surface area contributed by atoms with Crippen LogP contribution in [0.15, 0.2) is 23.0 Å². The van der Waals surface area contributed by atoms with E-state index in [0.717, 1.165) is 11.1 Å². The number of hydrogen-bond donors (Lipinski definition) is 2. The number of amides is 1. The first kappa shape index (κ1) is 20.9. The Labute approximate surface area is 172 Å². The molecule has 1 aromatic carbocycles. The fourth-order valence-corrected chi connectivity index (χ4v) is 3.17. The summed E-state index contributed by atoms with van der Waals surface area (Å²) in [5, 5.41) is 11.8. The fraction of sp³-hybridized carbons (Fsp3) is 0.333. The molecule has 0 fully saturated rings. The molecule has 9 nitrogen and oxygen atoms in total. The van der Waals surface area contributed by atoms with Crippen LogP contribution in [-0.2, 0) is 27.3 Å². The highest BCUT2D eigenvalue weighted by molar-refractivity contribution is 5.80. The standard InChI is InChI=1S/C21H21N3O6/c1-12-15(13(2)24-21(27)16(12)8-22)4-6-20(26)28-10-19(25)23-9-14-3-5-17-18(7-14)30-11-29-17/h3,5,7H,4,6,9-11H2,1-2H3,(H,23,25)(H,24,27). The van der Waals surface area contributed by atoms with Gasteiger partial charge in [-0.15, -0.1) is 0 Å². The van der Waals surface area contributed by atoms with E-state index in [4.69, 9.17) is 19.5 Å². The molecule has 1 amide bonds. The van der Waals surface area contributed by atoms with E-state index in [9.17, 15) is 14.4 Å². The summed E-state index contributed by atoms with van der Waals surface area (Å²) in [5.41, 5.74) is 2.29. The zero-order valence-corrected chi connectivity index (χ0v) is 16.7. The highest BCUT2D eigenvalue weighted by Gasteiger charge is 2.15. The van der Waals surface area contributed by atoms with Gasteiger partial charge in [-0.25, -0.2) is 0 Å². The topological polar surface area (TPSA) is 131 Å². The first-order valence-electron chi connectivity index (χ1n) is 9.32. The quantitative estimate of drug-likeness (QED) is 0.658. The lowest BCUT2D eigenvalue weighted by Crippen LogP contribution is -2.28. The Bertz CT molecular complexity index is 1080. The lowest BCUT2D eigenvalue weighted by atomic mass is 9.99. The third-order valence-electron chi connectivity index (χ3n) is 4.79. The van der Waals surface area contributed by atoms with Gasteiger partial charge in [0, 0.05) is 18.7 Å². The number of nitriles is 1. The number of aromatic amines is 1. The van der Waals surface area contributed by atoms with E-state index in [1.54, 1.807) is 26.0 Å². The van der Waals surface area contributed by atoms with E-state index in [1.165, 1.54) is 0 Å². The van der Waals surface area contributed by atoms with E-state index in [0.29, 0.717) is 29.2 Å². The van der Waals surface area contributed by atoms with E-state index < -0.39 is 24.0 Å². The van der Waals surface area contributed by atoms with Crippen LogP contribution < -0.4 is 20.3 Å². The van der Waals surface area contributed by atoms with Crippen LogP contribution in [0.3, 0.4) is 0 Å². The predicted octanol–water partition coefficient (Wildman–Crippen LogP) is 1.38. The maximum Gasteiger partial charge on any atom is 0.306 e. The third-order valence-corrected chi connectivity index (χ3v) is 4.79. The average molecular weight is 411 g/mol. The van der Waals surface area contributed by atoms with Gasteiger partial charge in [-0.05, 0) is 49.1 Å². The van der Waals surface area contributed by atoms with Gasteiger partial charge in [-0.1, -0.05) is 6.07 Å². The summed E-state index contributed by atoms with van der Waals surface area (Å²) < 4.78 is 15.5. The number of hydrogen-bond acceptors (Lipinski definition) is 7. The Hall–Kier alpha value is -3.80. The van der Waals surface area contributed by atoms with Gasteiger partial charge in [0.15, 0.2) is 18.1 Å². The molecule has 1 aliphatic rings. The zero-order chi connectivity index (χ0) is 21.7. The number of fused-ring (bicyclic) bond motifs is 1. The van der Waals surface area contributed by atoms with Gasteiger partial charge >= 0.3 is 5.97 Å². The Morgan fingerprint density at radius 1 is 1.27 bits per heavy atom. The molecular weight excluding hydrogens is 390 g/mol. The highest BCUT2D eigenvalue weighted by Crippen LogP contribution is 2.32. The zero-order valence-electron chi connectivity index (χ0n) is 16.7. The second-order valence-electron chi connectivity index (χ2n) is 6.79. The number of rotatable bonds is 7. The molecule has 1 aromatic heterocycles. The van der Waals surface area contributed by atoms with Gasteiger partial charge < -0.3 is 24.5 Å². The molecule has 0 aliphatic carbocycles. The molecular formula is C21H21N3O6. The minimum absolute atomic E-state index is 0.0219. The van der Waals surface area contributed by atoms with Gasteiger partial charge in [0.25, 0.3) is 11.5 Å². The maximum absolute atomic E-state index is 12.0. The van der Waals surface area contributed by atoms with Gasteiger partial charge in [-0.2, -0.15) is 5.26 Å². The van der Waals surface area contributed by atoms with Gasteiger partial charge in [0.05, 0.1) is 0 Å². The van der Waals surface area contributed by atoms with Crippen LogP contribution >= 0.6 is 0 Å². The minimum atomic E-state index is -0.545. The number of aryl methyl sites for hydroxylation is 1.